The topological polar surface area (TPSA) is 51.2 Å². The van der Waals surface area contributed by atoms with Crippen LogP contribution in [0.3, 0.4) is 0 Å². The van der Waals surface area contributed by atoms with Gasteiger partial charge in [-0.15, -0.1) is 0 Å². The van der Waals surface area contributed by atoms with Gasteiger partial charge in [-0.3, -0.25) is 4.90 Å². The number of benzene rings is 3. The fourth-order valence-corrected chi connectivity index (χ4v) is 4.39. The van der Waals surface area contributed by atoms with Crippen LogP contribution in [0.1, 0.15) is 24.4 Å². The summed E-state index contributed by atoms with van der Waals surface area (Å²) in [6.45, 7) is 1.74. The molecule has 0 spiro atoms. The zero-order chi connectivity index (χ0) is 22.3. The van der Waals surface area contributed by atoms with E-state index < -0.39 is 6.10 Å². The fourth-order valence-electron chi connectivity index (χ4n) is 4.39. The van der Waals surface area contributed by atoms with Crippen LogP contribution in [-0.2, 0) is 0 Å². The van der Waals surface area contributed by atoms with Crippen molar-refractivity contribution in [2.24, 2.45) is 0 Å². The number of rotatable bonds is 9. The average Bonchev–Trinajstić information content (AvgIpc) is 3.31. The third-order valence-corrected chi connectivity index (χ3v) is 6.01. The molecule has 4 rings (SSSR count). The Morgan fingerprint density at radius 1 is 0.906 bits per heavy atom. The Hall–Kier alpha value is -3.02. The Kier molecular flexibility index (Phi) is 7.30. The molecular formula is C27H31NO4. The van der Waals surface area contributed by atoms with Crippen molar-refractivity contribution < 1.29 is 19.3 Å². The van der Waals surface area contributed by atoms with E-state index in [1.807, 2.05) is 60.7 Å². The normalized spacial score (nSPS) is 17.2. The van der Waals surface area contributed by atoms with Crippen LogP contribution in [0, 0.1) is 0 Å². The van der Waals surface area contributed by atoms with Crippen molar-refractivity contribution in [1.29, 1.82) is 0 Å². The van der Waals surface area contributed by atoms with E-state index in [0.717, 1.165) is 47.8 Å². The molecule has 2 atom stereocenters. The minimum absolute atomic E-state index is 0.194. The van der Waals surface area contributed by atoms with Crippen LogP contribution < -0.4 is 14.2 Å². The average molecular weight is 434 g/mol. The number of β-amino-alcohol motifs (C(OH)–C–C–N with tert-alkyl or cyclic N) is 1. The van der Waals surface area contributed by atoms with Crippen LogP contribution in [0.2, 0.25) is 0 Å². The summed E-state index contributed by atoms with van der Waals surface area (Å²) in [5.74, 6) is 2.43. The van der Waals surface area contributed by atoms with Gasteiger partial charge in [0.2, 0.25) is 0 Å². The van der Waals surface area contributed by atoms with Gasteiger partial charge >= 0.3 is 0 Å². The van der Waals surface area contributed by atoms with E-state index in [9.17, 15) is 5.11 Å². The lowest BCUT2D eigenvalue weighted by Crippen LogP contribution is -2.35. The van der Waals surface area contributed by atoms with E-state index in [1.54, 1.807) is 14.2 Å². The maximum absolute atomic E-state index is 10.7. The highest BCUT2D eigenvalue weighted by molar-refractivity contribution is 5.63. The molecule has 1 heterocycles. The standard InChI is InChI=1S/C27H31NO4/c1-30-24-14-15-27(31-2)25(17-24)26-9-6-16-28(26)18-22(29)19-32-23-12-10-21(11-13-23)20-7-4-3-5-8-20/h3-5,7-8,10-15,17,22,26,29H,6,9,16,18-19H2,1-2H3. The maximum atomic E-state index is 10.7. The van der Waals surface area contributed by atoms with Gasteiger partial charge in [0.1, 0.15) is 30.0 Å². The lowest BCUT2D eigenvalue weighted by atomic mass is 10.0. The Morgan fingerprint density at radius 2 is 1.62 bits per heavy atom. The van der Waals surface area contributed by atoms with E-state index >= 15 is 0 Å². The summed E-state index contributed by atoms with van der Waals surface area (Å²) in [5.41, 5.74) is 3.42. The van der Waals surface area contributed by atoms with Crippen LogP contribution in [0.5, 0.6) is 17.2 Å². The van der Waals surface area contributed by atoms with Gasteiger partial charge in [-0.25, -0.2) is 0 Å². The van der Waals surface area contributed by atoms with E-state index in [4.69, 9.17) is 14.2 Å². The molecule has 0 aromatic heterocycles. The molecule has 0 saturated carbocycles. The van der Waals surface area contributed by atoms with E-state index in [1.165, 1.54) is 5.56 Å². The van der Waals surface area contributed by atoms with Crippen LogP contribution >= 0.6 is 0 Å². The van der Waals surface area contributed by atoms with Crippen molar-refractivity contribution in [2.75, 3.05) is 33.9 Å². The third-order valence-electron chi connectivity index (χ3n) is 6.01. The maximum Gasteiger partial charge on any atom is 0.123 e. The van der Waals surface area contributed by atoms with Gasteiger partial charge in [-0.2, -0.15) is 0 Å². The van der Waals surface area contributed by atoms with Crippen molar-refractivity contribution in [2.45, 2.75) is 25.0 Å². The van der Waals surface area contributed by atoms with E-state index in [-0.39, 0.29) is 12.6 Å². The predicted molar refractivity (Wildman–Crippen MR) is 126 cm³/mol. The molecule has 32 heavy (non-hydrogen) atoms. The highest BCUT2D eigenvalue weighted by Crippen LogP contribution is 2.38. The lowest BCUT2D eigenvalue weighted by molar-refractivity contribution is 0.0635. The Morgan fingerprint density at radius 3 is 2.34 bits per heavy atom. The van der Waals surface area contributed by atoms with E-state index in [0.29, 0.717) is 6.54 Å². The smallest absolute Gasteiger partial charge is 0.123 e. The van der Waals surface area contributed by atoms with Crippen molar-refractivity contribution in [3.63, 3.8) is 0 Å². The Balaban J connectivity index is 1.35. The Bertz CT molecular complexity index is 990. The molecule has 1 aliphatic rings. The third kappa shape index (κ3) is 5.23. The second kappa shape index (κ2) is 10.5. The zero-order valence-electron chi connectivity index (χ0n) is 18.7. The molecule has 0 aliphatic carbocycles. The first kappa shape index (κ1) is 22.2. The highest BCUT2D eigenvalue weighted by Gasteiger charge is 2.30. The zero-order valence-corrected chi connectivity index (χ0v) is 18.7. The van der Waals surface area contributed by atoms with Gasteiger partial charge in [0.25, 0.3) is 0 Å². The number of methoxy groups -OCH3 is 2. The SMILES string of the molecule is COc1ccc(OC)c(C2CCCN2CC(O)COc2ccc(-c3ccccc3)cc2)c1. The highest BCUT2D eigenvalue weighted by atomic mass is 16.5. The molecule has 1 fully saturated rings. The molecule has 1 saturated heterocycles. The van der Waals surface area contributed by atoms with Crippen molar-refractivity contribution in [3.05, 3.63) is 78.4 Å². The largest absolute Gasteiger partial charge is 0.497 e. The predicted octanol–water partition coefficient (Wildman–Crippen LogP) is 4.95. The summed E-state index contributed by atoms with van der Waals surface area (Å²) in [5, 5.41) is 10.7. The van der Waals surface area contributed by atoms with E-state index in [2.05, 4.69) is 17.0 Å². The summed E-state index contributed by atoms with van der Waals surface area (Å²) in [6, 6.07) is 24.3. The number of likely N-dealkylation sites (tertiary alicyclic amines) is 1. The molecule has 2 unspecified atom stereocenters. The molecule has 1 aliphatic heterocycles. The second-order valence-electron chi connectivity index (χ2n) is 8.12. The van der Waals surface area contributed by atoms with Crippen LogP contribution in [0.15, 0.2) is 72.8 Å². The number of nitrogens with zero attached hydrogens (tertiary/aromatic N) is 1. The van der Waals surface area contributed by atoms with Gasteiger partial charge in [0, 0.05) is 18.2 Å². The first-order chi connectivity index (χ1) is 15.7. The molecule has 0 radical (unpaired) electrons. The summed E-state index contributed by atoms with van der Waals surface area (Å²) in [4.78, 5) is 2.31. The first-order valence-corrected chi connectivity index (χ1v) is 11.1. The molecule has 5 heteroatoms. The molecule has 0 bridgehead atoms. The summed E-state index contributed by atoms with van der Waals surface area (Å²) in [7, 11) is 3.36. The summed E-state index contributed by atoms with van der Waals surface area (Å²) >= 11 is 0. The minimum atomic E-state index is -0.582. The van der Waals surface area contributed by atoms with Crippen LogP contribution in [-0.4, -0.2) is 50.0 Å². The van der Waals surface area contributed by atoms with Crippen molar-refractivity contribution in [3.8, 4) is 28.4 Å². The van der Waals surface area contributed by atoms with Crippen LogP contribution in [0.25, 0.3) is 11.1 Å². The van der Waals surface area contributed by atoms with Gasteiger partial charge in [-0.05, 0) is 60.8 Å². The number of aliphatic hydroxyl groups excluding tert-OH is 1. The van der Waals surface area contributed by atoms with Crippen molar-refractivity contribution >= 4 is 0 Å². The molecule has 1 N–H and O–H groups in total. The van der Waals surface area contributed by atoms with Gasteiger partial charge in [0.05, 0.1) is 14.2 Å². The molecular weight excluding hydrogens is 402 g/mol. The number of aliphatic hydroxyl groups is 1. The van der Waals surface area contributed by atoms with Crippen molar-refractivity contribution in [1.82, 2.24) is 4.90 Å². The second-order valence-corrected chi connectivity index (χ2v) is 8.12. The molecule has 5 nitrogen and oxygen atoms in total. The van der Waals surface area contributed by atoms with Gasteiger partial charge < -0.3 is 19.3 Å². The summed E-state index contributed by atoms with van der Waals surface area (Å²) in [6.07, 6.45) is 1.53. The van der Waals surface area contributed by atoms with Crippen LogP contribution in [0.4, 0.5) is 0 Å². The summed E-state index contributed by atoms with van der Waals surface area (Å²) < 4.78 is 16.9. The number of hydrogen-bond acceptors (Lipinski definition) is 5. The molecule has 168 valence electrons. The molecule has 3 aromatic rings. The molecule has 3 aromatic carbocycles. The minimum Gasteiger partial charge on any atom is -0.497 e. The monoisotopic (exact) mass is 433 g/mol. The molecule has 0 amide bonds. The first-order valence-electron chi connectivity index (χ1n) is 11.1. The number of ether oxygens (including phenoxy) is 3. The lowest BCUT2D eigenvalue weighted by Gasteiger charge is -2.28. The quantitative estimate of drug-likeness (QED) is 0.518. The fraction of sp³-hybridized carbons (Fsp3) is 0.333. The number of hydrogen-bond donors (Lipinski definition) is 1. The van der Waals surface area contributed by atoms with Gasteiger partial charge in [0.15, 0.2) is 0 Å². The Labute approximate surface area is 190 Å². The van der Waals surface area contributed by atoms with Gasteiger partial charge in [-0.1, -0.05) is 42.5 Å².